The van der Waals surface area contributed by atoms with Gasteiger partial charge in [0, 0.05) is 29.6 Å². The predicted octanol–water partition coefficient (Wildman–Crippen LogP) is 2.53. The van der Waals surface area contributed by atoms with Crippen LogP contribution >= 0.6 is 12.6 Å². The van der Waals surface area contributed by atoms with E-state index in [1.54, 1.807) is 0 Å². The molecular weight excluding hydrogens is 268 g/mol. The SMILES string of the molecule is CN1CCCC2CN(C(=O)c3ccc(S)cc3)CCC21. The van der Waals surface area contributed by atoms with E-state index in [1.807, 2.05) is 29.2 Å². The van der Waals surface area contributed by atoms with Gasteiger partial charge in [-0.1, -0.05) is 0 Å². The minimum absolute atomic E-state index is 0.171. The van der Waals surface area contributed by atoms with Crippen LogP contribution in [0.1, 0.15) is 29.6 Å². The highest BCUT2D eigenvalue weighted by atomic mass is 32.1. The van der Waals surface area contributed by atoms with Gasteiger partial charge in [0.1, 0.15) is 0 Å². The van der Waals surface area contributed by atoms with Crippen molar-refractivity contribution in [3.05, 3.63) is 29.8 Å². The molecule has 0 radical (unpaired) electrons. The van der Waals surface area contributed by atoms with Crippen LogP contribution in [0.15, 0.2) is 29.2 Å². The summed E-state index contributed by atoms with van der Waals surface area (Å²) in [6.45, 7) is 3.00. The van der Waals surface area contributed by atoms with Gasteiger partial charge in [-0.05, 0) is 63.0 Å². The Morgan fingerprint density at radius 1 is 1.20 bits per heavy atom. The lowest BCUT2D eigenvalue weighted by molar-refractivity contribution is 0.0317. The fourth-order valence-corrected chi connectivity index (χ4v) is 3.77. The molecule has 1 aromatic rings. The third-order valence-corrected chi connectivity index (χ3v) is 5.05. The minimum Gasteiger partial charge on any atom is -0.338 e. The Morgan fingerprint density at radius 3 is 2.70 bits per heavy atom. The molecule has 1 amide bonds. The van der Waals surface area contributed by atoms with Crippen molar-refractivity contribution in [2.45, 2.75) is 30.2 Å². The molecule has 2 aliphatic rings. The number of nitrogens with zero attached hydrogens (tertiary/aromatic N) is 2. The molecule has 0 saturated carbocycles. The molecule has 2 fully saturated rings. The lowest BCUT2D eigenvalue weighted by Gasteiger charge is -2.46. The van der Waals surface area contributed by atoms with Crippen molar-refractivity contribution in [2.24, 2.45) is 5.92 Å². The van der Waals surface area contributed by atoms with E-state index >= 15 is 0 Å². The van der Waals surface area contributed by atoms with E-state index in [-0.39, 0.29) is 5.91 Å². The van der Waals surface area contributed by atoms with Crippen LogP contribution in [0.5, 0.6) is 0 Å². The van der Waals surface area contributed by atoms with E-state index in [4.69, 9.17) is 0 Å². The van der Waals surface area contributed by atoms with Crippen LogP contribution in [0.25, 0.3) is 0 Å². The second kappa shape index (κ2) is 5.78. The van der Waals surface area contributed by atoms with Crippen LogP contribution in [0.4, 0.5) is 0 Å². The Bertz CT molecular complexity index is 488. The summed E-state index contributed by atoms with van der Waals surface area (Å²) >= 11 is 4.27. The number of carbonyl (C=O) groups is 1. The zero-order valence-corrected chi connectivity index (χ0v) is 12.9. The van der Waals surface area contributed by atoms with Crippen molar-refractivity contribution < 1.29 is 4.79 Å². The van der Waals surface area contributed by atoms with Crippen LogP contribution in [0.2, 0.25) is 0 Å². The molecule has 108 valence electrons. The van der Waals surface area contributed by atoms with Crippen molar-refractivity contribution in [3.63, 3.8) is 0 Å². The number of likely N-dealkylation sites (tertiary alicyclic amines) is 2. The predicted molar refractivity (Wildman–Crippen MR) is 83.4 cm³/mol. The zero-order valence-electron chi connectivity index (χ0n) is 12.0. The second-order valence-electron chi connectivity index (χ2n) is 6.04. The quantitative estimate of drug-likeness (QED) is 0.804. The molecule has 4 heteroatoms. The maximum atomic E-state index is 12.6. The molecule has 0 aromatic heterocycles. The summed E-state index contributed by atoms with van der Waals surface area (Å²) in [5.74, 6) is 0.820. The molecule has 3 rings (SSSR count). The Hall–Kier alpha value is -1.00. The number of benzene rings is 1. The fraction of sp³-hybridized carbons (Fsp3) is 0.562. The smallest absolute Gasteiger partial charge is 0.253 e. The molecule has 1 aromatic carbocycles. The highest BCUT2D eigenvalue weighted by Crippen LogP contribution is 2.30. The van der Waals surface area contributed by atoms with Crippen LogP contribution in [-0.4, -0.2) is 48.4 Å². The first-order chi connectivity index (χ1) is 9.65. The number of hydrogen-bond acceptors (Lipinski definition) is 3. The van der Waals surface area contributed by atoms with E-state index in [0.29, 0.717) is 12.0 Å². The molecule has 0 spiro atoms. The summed E-state index contributed by atoms with van der Waals surface area (Å²) in [6.07, 6.45) is 3.62. The monoisotopic (exact) mass is 290 g/mol. The van der Waals surface area contributed by atoms with Crippen LogP contribution in [0.3, 0.4) is 0 Å². The Labute approximate surface area is 126 Å². The molecular formula is C16H22N2OS. The van der Waals surface area contributed by atoms with Crippen molar-refractivity contribution in [1.29, 1.82) is 0 Å². The summed E-state index contributed by atoms with van der Waals surface area (Å²) in [7, 11) is 2.22. The van der Waals surface area contributed by atoms with Gasteiger partial charge in [0.2, 0.25) is 0 Å². The third-order valence-electron chi connectivity index (χ3n) is 4.75. The maximum Gasteiger partial charge on any atom is 0.253 e. The standard InChI is InChI=1S/C16H22N2OS/c1-17-9-2-3-13-11-18(10-8-15(13)17)16(19)12-4-6-14(20)7-5-12/h4-7,13,15,20H,2-3,8-11H2,1H3. The van der Waals surface area contributed by atoms with Crippen molar-refractivity contribution in [3.8, 4) is 0 Å². The van der Waals surface area contributed by atoms with Crippen LogP contribution < -0.4 is 0 Å². The molecule has 2 saturated heterocycles. The Kier molecular flexibility index (Phi) is 4.03. The molecule has 0 aliphatic carbocycles. The van der Waals surface area contributed by atoms with Gasteiger partial charge in [0.25, 0.3) is 5.91 Å². The molecule has 20 heavy (non-hydrogen) atoms. The third kappa shape index (κ3) is 2.72. The minimum atomic E-state index is 0.171. The van der Waals surface area contributed by atoms with Gasteiger partial charge in [-0.15, -0.1) is 12.6 Å². The number of carbonyl (C=O) groups excluding carboxylic acids is 1. The summed E-state index contributed by atoms with van der Waals surface area (Å²) in [4.78, 5) is 18.0. The molecule has 0 bridgehead atoms. The summed E-state index contributed by atoms with van der Waals surface area (Å²) < 4.78 is 0. The van der Waals surface area contributed by atoms with Crippen molar-refractivity contribution in [1.82, 2.24) is 9.80 Å². The summed E-state index contributed by atoms with van der Waals surface area (Å²) in [5.41, 5.74) is 0.783. The average Bonchev–Trinajstić information content (AvgIpc) is 2.47. The van der Waals surface area contributed by atoms with Gasteiger partial charge < -0.3 is 9.80 Å². The number of thiol groups is 1. The summed E-state index contributed by atoms with van der Waals surface area (Å²) in [5, 5.41) is 0. The maximum absolute atomic E-state index is 12.6. The van der Waals surface area contributed by atoms with Gasteiger partial charge in [0.05, 0.1) is 0 Å². The number of amides is 1. The van der Waals surface area contributed by atoms with Gasteiger partial charge in [-0.25, -0.2) is 0 Å². The zero-order chi connectivity index (χ0) is 14.1. The van der Waals surface area contributed by atoms with E-state index in [1.165, 1.54) is 19.4 Å². The molecule has 2 atom stereocenters. The Morgan fingerprint density at radius 2 is 1.95 bits per heavy atom. The van der Waals surface area contributed by atoms with Gasteiger partial charge in [-0.2, -0.15) is 0 Å². The lowest BCUT2D eigenvalue weighted by Crippen LogP contribution is -2.53. The highest BCUT2D eigenvalue weighted by Gasteiger charge is 2.35. The fourth-order valence-electron chi connectivity index (χ4n) is 3.62. The molecule has 2 unspecified atom stereocenters. The number of fused-ring (bicyclic) bond motifs is 1. The van der Waals surface area contributed by atoms with E-state index in [2.05, 4.69) is 24.6 Å². The normalized spacial score (nSPS) is 27.2. The molecule has 3 nitrogen and oxygen atoms in total. The van der Waals surface area contributed by atoms with Gasteiger partial charge in [0.15, 0.2) is 0 Å². The number of piperidine rings is 2. The van der Waals surface area contributed by atoms with E-state index in [0.717, 1.165) is 30.0 Å². The largest absolute Gasteiger partial charge is 0.338 e. The van der Waals surface area contributed by atoms with Crippen LogP contribution in [0, 0.1) is 5.92 Å². The van der Waals surface area contributed by atoms with E-state index < -0.39 is 0 Å². The number of rotatable bonds is 1. The molecule has 2 heterocycles. The average molecular weight is 290 g/mol. The Balaban J connectivity index is 1.69. The van der Waals surface area contributed by atoms with Crippen molar-refractivity contribution >= 4 is 18.5 Å². The summed E-state index contributed by atoms with van der Waals surface area (Å²) in [6, 6.07) is 8.20. The molecule has 0 N–H and O–H groups in total. The number of hydrogen-bond donors (Lipinski definition) is 1. The lowest BCUT2D eigenvalue weighted by atomic mass is 9.84. The second-order valence-corrected chi connectivity index (χ2v) is 6.55. The topological polar surface area (TPSA) is 23.6 Å². The van der Waals surface area contributed by atoms with Gasteiger partial charge in [-0.3, -0.25) is 4.79 Å². The first-order valence-corrected chi connectivity index (χ1v) is 7.88. The first kappa shape index (κ1) is 14.0. The van der Waals surface area contributed by atoms with Crippen LogP contribution in [-0.2, 0) is 0 Å². The van der Waals surface area contributed by atoms with E-state index in [9.17, 15) is 4.79 Å². The van der Waals surface area contributed by atoms with Gasteiger partial charge >= 0.3 is 0 Å². The van der Waals surface area contributed by atoms with Crippen molar-refractivity contribution in [2.75, 3.05) is 26.7 Å². The molecule has 2 aliphatic heterocycles. The first-order valence-electron chi connectivity index (χ1n) is 7.43. The highest BCUT2D eigenvalue weighted by molar-refractivity contribution is 7.80.